The van der Waals surface area contributed by atoms with Gasteiger partial charge in [-0.1, -0.05) is 0 Å². The van der Waals surface area contributed by atoms with Gasteiger partial charge in [-0.2, -0.15) is 0 Å². The number of nitrogen functional groups attached to an aromatic ring is 1. The van der Waals surface area contributed by atoms with E-state index >= 15 is 0 Å². The molecule has 0 aliphatic carbocycles. The highest BCUT2D eigenvalue weighted by atomic mass is 16.4. The van der Waals surface area contributed by atoms with Crippen LogP contribution in [0.1, 0.15) is 25.3 Å². The molecule has 1 aromatic rings. The molecule has 17 heavy (non-hydrogen) atoms. The summed E-state index contributed by atoms with van der Waals surface area (Å²) in [6.45, 7) is 2.88. The summed E-state index contributed by atoms with van der Waals surface area (Å²) in [6, 6.07) is 5.90. The van der Waals surface area contributed by atoms with Crippen molar-refractivity contribution in [3.63, 3.8) is 0 Å². The van der Waals surface area contributed by atoms with Gasteiger partial charge < -0.3 is 15.7 Å². The smallest absolute Gasteiger partial charge is 0.305 e. The van der Waals surface area contributed by atoms with Crippen LogP contribution in [-0.2, 0) is 11.2 Å². The van der Waals surface area contributed by atoms with Crippen LogP contribution in [0.15, 0.2) is 18.2 Å². The van der Waals surface area contributed by atoms with Crippen molar-refractivity contribution in [1.29, 1.82) is 0 Å². The Hall–Kier alpha value is -1.71. The molecular formula is C13H18N2O2. The predicted octanol–water partition coefficient (Wildman–Crippen LogP) is 1.88. The molecule has 0 radical (unpaired) electrons. The van der Waals surface area contributed by atoms with Crippen LogP contribution in [0.2, 0.25) is 0 Å². The molecule has 2 rings (SSSR count). The Balaban J connectivity index is 2.25. The Bertz CT molecular complexity index is 431. The number of benzene rings is 1. The highest BCUT2D eigenvalue weighted by Crippen LogP contribution is 2.30. The van der Waals surface area contributed by atoms with Crippen molar-refractivity contribution in [3.05, 3.63) is 23.8 Å². The summed E-state index contributed by atoms with van der Waals surface area (Å²) < 4.78 is 0. The lowest BCUT2D eigenvalue weighted by atomic mass is 9.99. The molecule has 4 heteroatoms. The molecule has 1 aromatic carbocycles. The van der Waals surface area contributed by atoms with E-state index in [1.54, 1.807) is 0 Å². The van der Waals surface area contributed by atoms with Crippen LogP contribution in [0.3, 0.4) is 0 Å². The first-order valence-corrected chi connectivity index (χ1v) is 5.95. The third-order valence-electron chi connectivity index (χ3n) is 3.26. The number of aryl methyl sites for hydroxylation is 1. The van der Waals surface area contributed by atoms with Crippen molar-refractivity contribution in [2.24, 2.45) is 0 Å². The number of hydrogen-bond donors (Lipinski definition) is 2. The van der Waals surface area contributed by atoms with Gasteiger partial charge in [0.1, 0.15) is 0 Å². The number of hydrogen-bond acceptors (Lipinski definition) is 3. The molecule has 4 nitrogen and oxygen atoms in total. The van der Waals surface area contributed by atoms with E-state index in [0.717, 1.165) is 30.8 Å². The number of fused-ring (bicyclic) bond motifs is 1. The molecular weight excluding hydrogens is 216 g/mol. The second kappa shape index (κ2) is 4.65. The molecule has 1 aliphatic rings. The first-order valence-electron chi connectivity index (χ1n) is 5.95. The summed E-state index contributed by atoms with van der Waals surface area (Å²) in [4.78, 5) is 12.9. The van der Waals surface area contributed by atoms with E-state index in [1.165, 1.54) is 5.56 Å². The standard InChI is InChI=1S/C13H18N2O2/c1-9(7-13(16)17)15-6-2-3-10-8-11(14)4-5-12(10)15/h4-5,8-9H,2-3,6-7,14H2,1H3,(H,16,17). The zero-order valence-corrected chi connectivity index (χ0v) is 10.0. The molecule has 0 amide bonds. The maximum atomic E-state index is 10.8. The lowest BCUT2D eigenvalue weighted by Crippen LogP contribution is -2.38. The number of carbonyl (C=O) groups is 1. The van der Waals surface area contributed by atoms with Crippen LogP contribution in [0.5, 0.6) is 0 Å². The van der Waals surface area contributed by atoms with Crippen molar-refractivity contribution >= 4 is 17.3 Å². The van der Waals surface area contributed by atoms with E-state index in [2.05, 4.69) is 4.90 Å². The number of carboxylic acid groups (broad SMARTS) is 1. The number of rotatable bonds is 3. The maximum absolute atomic E-state index is 10.8. The first kappa shape index (κ1) is 11.8. The molecule has 3 N–H and O–H groups in total. The van der Waals surface area contributed by atoms with Crippen LogP contribution in [-0.4, -0.2) is 23.7 Å². The molecule has 0 bridgehead atoms. The van der Waals surface area contributed by atoms with Crippen molar-refractivity contribution in [2.75, 3.05) is 17.2 Å². The largest absolute Gasteiger partial charge is 0.481 e. The zero-order chi connectivity index (χ0) is 12.4. The summed E-state index contributed by atoms with van der Waals surface area (Å²) in [5.74, 6) is -0.750. The van der Waals surface area contributed by atoms with E-state index in [9.17, 15) is 4.79 Å². The molecule has 1 aliphatic heterocycles. The van der Waals surface area contributed by atoms with Gasteiger partial charge in [-0.25, -0.2) is 0 Å². The monoisotopic (exact) mass is 234 g/mol. The third kappa shape index (κ3) is 2.52. The van der Waals surface area contributed by atoms with Crippen LogP contribution in [0, 0.1) is 0 Å². The molecule has 1 atom stereocenters. The Morgan fingerprint density at radius 3 is 3.06 bits per heavy atom. The molecule has 0 saturated carbocycles. The zero-order valence-electron chi connectivity index (χ0n) is 10.0. The normalized spacial score (nSPS) is 16.4. The van der Waals surface area contributed by atoms with Gasteiger partial charge in [-0.15, -0.1) is 0 Å². The van der Waals surface area contributed by atoms with Crippen molar-refractivity contribution < 1.29 is 9.90 Å². The van der Waals surface area contributed by atoms with Gasteiger partial charge in [0.25, 0.3) is 0 Å². The molecule has 0 saturated heterocycles. The number of carboxylic acids is 1. The van der Waals surface area contributed by atoms with Crippen LogP contribution in [0.25, 0.3) is 0 Å². The van der Waals surface area contributed by atoms with Gasteiger partial charge in [0.2, 0.25) is 0 Å². The summed E-state index contributed by atoms with van der Waals surface area (Å²) in [7, 11) is 0. The minimum atomic E-state index is -0.750. The Kier molecular flexibility index (Phi) is 3.22. The van der Waals surface area contributed by atoms with E-state index < -0.39 is 5.97 Å². The second-order valence-electron chi connectivity index (χ2n) is 4.63. The number of aliphatic carboxylic acids is 1. The van der Waals surface area contributed by atoms with Gasteiger partial charge in [0.15, 0.2) is 0 Å². The van der Waals surface area contributed by atoms with Crippen LogP contribution >= 0.6 is 0 Å². The molecule has 1 heterocycles. The fourth-order valence-electron chi connectivity index (χ4n) is 2.47. The minimum absolute atomic E-state index is 0.0233. The molecule has 92 valence electrons. The lowest BCUT2D eigenvalue weighted by molar-refractivity contribution is -0.137. The maximum Gasteiger partial charge on any atom is 0.305 e. The molecule has 0 spiro atoms. The van der Waals surface area contributed by atoms with Gasteiger partial charge in [0.05, 0.1) is 6.42 Å². The highest BCUT2D eigenvalue weighted by molar-refractivity contribution is 5.69. The summed E-state index contributed by atoms with van der Waals surface area (Å²) in [5.41, 5.74) is 8.91. The fraction of sp³-hybridized carbons (Fsp3) is 0.462. The fourth-order valence-corrected chi connectivity index (χ4v) is 2.47. The van der Waals surface area contributed by atoms with E-state index in [-0.39, 0.29) is 12.5 Å². The van der Waals surface area contributed by atoms with Crippen LogP contribution in [0.4, 0.5) is 11.4 Å². The number of nitrogens with zero attached hydrogens (tertiary/aromatic N) is 1. The molecule has 0 fully saturated rings. The summed E-state index contributed by atoms with van der Waals surface area (Å²) in [5, 5.41) is 8.86. The number of nitrogens with two attached hydrogens (primary N) is 1. The van der Waals surface area contributed by atoms with Crippen molar-refractivity contribution in [3.8, 4) is 0 Å². The minimum Gasteiger partial charge on any atom is -0.481 e. The lowest BCUT2D eigenvalue weighted by Gasteiger charge is -2.35. The summed E-state index contributed by atoms with van der Waals surface area (Å²) >= 11 is 0. The Morgan fingerprint density at radius 1 is 1.59 bits per heavy atom. The van der Waals surface area contributed by atoms with E-state index in [4.69, 9.17) is 10.8 Å². The average Bonchev–Trinajstić information content (AvgIpc) is 2.26. The second-order valence-corrected chi connectivity index (χ2v) is 4.63. The quantitative estimate of drug-likeness (QED) is 0.784. The predicted molar refractivity (Wildman–Crippen MR) is 68.2 cm³/mol. The van der Waals surface area contributed by atoms with Gasteiger partial charge in [-0.3, -0.25) is 4.79 Å². The Morgan fingerprint density at radius 2 is 2.35 bits per heavy atom. The number of anilines is 2. The summed E-state index contributed by atoms with van der Waals surface area (Å²) in [6.07, 6.45) is 2.25. The van der Waals surface area contributed by atoms with Gasteiger partial charge in [-0.05, 0) is 43.5 Å². The topological polar surface area (TPSA) is 66.6 Å². The third-order valence-corrected chi connectivity index (χ3v) is 3.26. The first-order chi connectivity index (χ1) is 8.08. The van der Waals surface area contributed by atoms with Crippen molar-refractivity contribution in [1.82, 2.24) is 0 Å². The Labute approximate surface area is 101 Å². The van der Waals surface area contributed by atoms with Gasteiger partial charge in [0, 0.05) is 24.0 Å². The molecule has 1 unspecified atom stereocenters. The average molecular weight is 234 g/mol. The highest BCUT2D eigenvalue weighted by Gasteiger charge is 2.22. The van der Waals surface area contributed by atoms with Crippen molar-refractivity contribution in [2.45, 2.75) is 32.2 Å². The van der Waals surface area contributed by atoms with Gasteiger partial charge >= 0.3 is 5.97 Å². The molecule has 0 aromatic heterocycles. The van der Waals surface area contributed by atoms with E-state index in [0.29, 0.717) is 0 Å². The van der Waals surface area contributed by atoms with Crippen LogP contribution < -0.4 is 10.6 Å². The van der Waals surface area contributed by atoms with E-state index in [1.807, 2.05) is 25.1 Å². The SMILES string of the molecule is CC(CC(=O)O)N1CCCc2cc(N)ccc21.